The van der Waals surface area contributed by atoms with Crippen LogP contribution in [0.3, 0.4) is 0 Å². The molecule has 0 amide bonds. The molecule has 7 heteroatoms. The van der Waals surface area contributed by atoms with E-state index >= 15 is 0 Å². The van der Waals surface area contributed by atoms with E-state index in [9.17, 15) is 8.42 Å². The van der Waals surface area contributed by atoms with Crippen LogP contribution in [0.2, 0.25) is 0 Å². The van der Waals surface area contributed by atoms with Gasteiger partial charge in [-0.1, -0.05) is 6.92 Å². The average Bonchev–Trinajstić information content (AvgIpc) is 2.47. The quantitative estimate of drug-likeness (QED) is 0.813. The van der Waals surface area contributed by atoms with E-state index in [0.717, 1.165) is 15.9 Å². The van der Waals surface area contributed by atoms with Crippen molar-refractivity contribution in [2.75, 3.05) is 28.7 Å². The summed E-state index contributed by atoms with van der Waals surface area (Å²) in [7, 11) is -3.13. The van der Waals surface area contributed by atoms with Gasteiger partial charge in [-0.05, 0) is 34.1 Å². The van der Waals surface area contributed by atoms with Gasteiger partial charge in [0.2, 0.25) is 0 Å². The SMILES string of the molecule is CCS(=O)(=O)C1CSCCN1c1ccc(C#N)cc1Br. The maximum atomic E-state index is 12.2. The lowest BCUT2D eigenvalue weighted by atomic mass is 10.2. The molecular weight excluding hydrogens is 360 g/mol. The molecular formula is C13H15BrN2O2S2. The van der Waals surface area contributed by atoms with Crippen molar-refractivity contribution in [2.24, 2.45) is 0 Å². The summed E-state index contributed by atoms with van der Waals surface area (Å²) in [6.45, 7) is 2.37. The number of thioether (sulfide) groups is 1. The Bertz CT molecular complexity index is 640. The zero-order valence-corrected chi connectivity index (χ0v) is 14.3. The summed E-state index contributed by atoms with van der Waals surface area (Å²) in [6.07, 6.45) is 0. The lowest BCUT2D eigenvalue weighted by molar-refractivity contribution is 0.579. The number of nitriles is 1. The minimum absolute atomic E-state index is 0.141. The van der Waals surface area contributed by atoms with Crippen LogP contribution in [-0.4, -0.2) is 37.6 Å². The molecule has 1 saturated heterocycles. The summed E-state index contributed by atoms with van der Waals surface area (Å²) in [6, 6.07) is 7.34. The lowest BCUT2D eigenvalue weighted by Crippen LogP contribution is -2.48. The van der Waals surface area contributed by atoms with Crippen LogP contribution in [0.25, 0.3) is 0 Å². The minimum Gasteiger partial charge on any atom is -0.353 e. The number of anilines is 1. The molecule has 1 aliphatic rings. The topological polar surface area (TPSA) is 61.2 Å². The number of hydrogen-bond acceptors (Lipinski definition) is 5. The molecule has 0 bridgehead atoms. The van der Waals surface area contributed by atoms with E-state index in [1.54, 1.807) is 30.8 Å². The highest BCUT2D eigenvalue weighted by Crippen LogP contribution is 2.33. The van der Waals surface area contributed by atoms with Crippen molar-refractivity contribution in [1.29, 1.82) is 5.26 Å². The Balaban J connectivity index is 2.41. The van der Waals surface area contributed by atoms with E-state index in [1.807, 2.05) is 11.0 Å². The smallest absolute Gasteiger partial charge is 0.171 e. The van der Waals surface area contributed by atoms with Gasteiger partial charge >= 0.3 is 0 Å². The van der Waals surface area contributed by atoms with Crippen molar-refractivity contribution in [3.63, 3.8) is 0 Å². The highest BCUT2D eigenvalue weighted by Gasteiger charge is 2.33. The third kappa shape index (κ3) is 3.13. The second-order valence-electron chi connectivity index (χ2n) is 4.45. The molecule has 1 atom stereocenters. The van der Waals surface area contributed by atoms with E-state index in [-0.39, 0.29) is 5.75 Å². The van der Waals surface area contributed by atoms with Gasteiger partial charge in [0.1, 0.15) is 5.37 Å². The molecule has 108 valence electrons. The van der Waals surface area contributed by atoms with Crippen molar-refractivity contribution in [1.82, 2.24) is 0 Å². The van der Waals surface area contributed by atoms with Gasteiger partial charge in [-0.25, -0.2) is 8.42 Å². The third-order valence-electron chi connectivity index (χ3n) is 3.29. The average molecular weight is 375 g/mol. The van der Waals surface area contributed by atoms with Crippen molar-refractivity contribution in [3.05, 3.63) is 28.2 Å². The summed E-state index contributed by atoms with van der Waals surface area (Å²) in [5.41, 5.74) is 1.40. The molecule has 2 rings (SSSR count). The summed E-state index contributed by atoms with van der Waals surface area (Å²) < 4.78 is 25.3. The number of rotatable bonds is 3. The number of nitrogens with zero attached hydrogens (tertiary/aromatic N) is 2. The molecule has 4 nitrogen and oxygen atoms in total. The maximum absolute atomic E-state index is 12.2. The summed E-state index contributed by atoms with van der Waals surface area (Å²) in [5.74, 6) is 1.63. The molecule has 1 fully saturated rings. The first-order valence-corrected chi connectivity index (χ1v) is 9.91. The Morgan fingerprint density at radius 3 is 2.90 bits per heavy atom. The van der Waals surface area contributed by atoms with Crippen molar-refractivity contribution < 1.29 is 8.42 Å². The van der Waals surface area contributed by atoms with Gasteiger partial charge in [0.05, 0.1) is 17.3 Å². The van der Waals surface area contributed by atoms with Gasteiger partial charge in [0.15, 0.2) is 9.84 Å². The van der Waals surface area contributed by atoms with Gasteiger partial charge < -0.3 is 4.90 Å². The summed E-state index contributed by atoms with van der Waals surface area (Å²) in [5, 5.41) is 8.41. The number of sulfone groups is 1. The van der Waals surface area contributed by atoms with Gasteiger partial charge in [-0.3, -0.25) is 0 Å². The van der Waals surface area contributed by atoms with Crippen LogP contribution in [0.5, 0.6) is 0 Å². The molecule has 0 aromatic heterocycles. The lowest BCUT2D eigenvalue weighted by Gasteiger charge is -2.37. The van der Waals surface area contributed by atoms with Gasteiger partial charge in [-0.2, -0.15) is 17.0 Å². The van der Waals surface area contributed by atoms with Crippen molar-refractivity contribution in [2.45, 2.75) is 12.3 Å². The molecule has 0 aliphatic carbocycles. The minimum atomic E-state index is -3.13. The van der Waals surface area contributed by atoms with E-state index in [1.165, 1.54) is 0 Å². The highest BCUT2D eigenvalue weighted by atomic mass is 79.9. The molecule has 1 aromatic carbocycles. The number of halogens is 1. The van der Waals surface area contributed by atoms with Crippen LogP contribution in [0.1, 0.15) is 12.5 Å². The predicted molar refractivity (Wildman–Crippen MR) is 86.8 cm³/mol. The normalized spacial score (nSPS) is 19.6. The first-order chi connectivity index (χ1) is 9.49. The molecule has 0 radical (unpaired) electrons. The summed E-state index contributed by atoms with van der Waals surface area (Å²) >= 11 is 5.11. The Labute approximate surface area is 132 Å². The van der Waals surface area contributed by atoms with Crippen LogP contribution in [0, 0.1) is 11.3 Å². The largest absolute Gasteiger partial charge is 0.353 e. The molecule has 1 aliphatic heterocycles. The predicted octanol–water partition coefficient (Wildman–Crippen LogP) is 2.63. The summed E-state index contributed by atoms with van der Waals surface area (Å²) in [4.78, 5) is 1.93. The van der Waals surface area contributed by atoms with Crippen LogP contribution in [-0.2, 0) is 9.84 Å². The Morgan fingerprint density at radius 2 is 2.30 bits per heavy atom. The van der Waals surface area contributed by atoms with Crippen LogP contribution < -0.4 is 4.90 Å². The first-order valence-electron chi connectivity index (χ1n) is 6.25. The van der Waals surface area contributed by atoms with Gasteiger partial charge in [-0.15, -0.1) is 0 Å². The molecule has 1 heterocycles. The zero-order valence-electron chi connectivity index (χ0n) is 11.0. The second-order valence-corrected chi connectivity index (χ2v) is 8.90. The molecule has 0 saturated carbocycles. The van der Waals surface area contributed by atoms with Crippen LogP contribution >= 0.6 is 27.7 Å². The van der Waals surface area contributed by atoms with E-state index in [0.29, 0.717) is 17.9 Å². The Kier molecular flexibility index (Phi) is 4.99. The number of hydrogen-bond donors (Lipinski definition) is 0. The van der Waals surface area contributed by atoms with Crippen molar-refractivity contribution in [3.8, 4) is 6.07 Å². The monoisotopic (exact) mass is 374 g/mol. The fraction of sp³-hybridized carbons (Fsp3) is 0.462. The second kappa shape index (κ2) is 6.37. The fourth-order valence-electron chi connectivity index (χ4n) is 2.16. The van der Waals surface area contributed by atoms with Gasteiger partial charge in [0.25, 0.3) is 0 Å². The standard InChI is InChI=1S/C13H15BrN2O2S2/c1-2-20(17,18)13-9-19-6-5-16(13)12-4-3-10(8-15)7-11(12)14/h3-4,7,13H,2,5-6,9H2,1H3. The molecule has 1 aromatic rings. The van der Waals surface area contributed by atoms with Crippen molar-refractivity contribution >= 4 is 43.2 Å². The maximum Gasteiger partial charge on any atom is 0.171 e. The Morgan fingerprint density at radius 1 is 1.55 bits per heavy atom. The Hall–Kier alpha value is -0.710. The van der Waals surface area contributed by atoms with Gasteiger partial charge in [0, 0.05) is 28.3 Å². The fourth-order valence-corrected chi connectivity index (χ4v) is 5.75. The highest BCUT2D eigenvalue weighted by molar-refractivity contribution is 9.10. The van der Waals surface area contributed by atoms with Crippen LogP contribution in [0.4, 0.5) is 5.69 Å². The molecule has 1 unspecified atom stereocenters. The van der Waals surface area contributed by atoms with E-state index < -0.39 is 15.2 Å². The van der Waals surface area contributed by atoms with E-state index in [4.69, 9.17) is 5.26 Å². The number of benzene rings is 1. The van der Waals surface area contributed by atoms with E-state index in [2.05, 4.69) is 22.0 Å². The third-order valence-corrected chi connectivity index (χ3v) is 7.21. The molecule has 20 heavy (non-hydrogen) atoms. The zero-order chi connectivity index (χ0) is 14.8. The molecule has 0 spiro atoms. The van der Waals surface area contributed by atoms with Crippen LogP contribution in [0.15, 0.2) is 22.7 Å². The molecule has 0 N–H and O–H groups in total. The first kappa shape index (κ1) is 15.7.